The number of carbonyl (C=O) groups excluding carboxylic acids is 2. The molecule has 1 heterocycles. The molecule has 0 aliphatic carbocycles. The van der Waals surface area contributed by atoms with Crippen LogP contribution in [0.15, 0.2) is 18.2 Å². The van der Waals surface area contributed by atoms with Gasteiger partial charge in [0.05, 0.1) is 11.4 Å². The zero-order chi connectivity index (χ0) is 20.3. The van der Waals surface area contributed by atoms with Gasteiger partial charge in [-0.1, -0.05) is 25.4 Å². The Bertz CT molecular complexity index is 868. The number of esters is 1. The van der Waals surface area contributed by atoms with Gasteiger partial charge in [-0.05, 0) is 31.9 Å². The van der Waals surface area contributed by atoms with Crippen LogP contribution in [0, 0.1) is 24.5 Å². The number of nitrogens with zero attached hydrogens (tertiary/aromatic N) is 2. The number of hydrogen-bond acceptors (Lipinski definition) is 4. The van der Waals surface area contributed by atoms with Crippen molar-refractivity contribution in [3.8, 4) is 0 Å². The predicted molar refractivity (Wildman–Crippen MR) is 96.7 cm³/mol. The third-order valence-electron chi connectivity index (χ3n) is 3.65. The highest BCUT2D eigenvalue weighted by Gasteiger charge is 2.26. The minimum absolute atomic E-state index is 0.0638. The number of aryl methyl sites for hydroxylation is 1. The minimum atomic E-state index is -1.26. The summed E-state index contributed by atoms with van der Waals surface area (Å²) < 4.78 is 33.4. The van der Waals surface area contributed by atoms with Crippen molar-refractivity contribution in [3.05, 3.63) is 46.2 Å². The highest BCUT2D eigenvalue weighted by Crippen LogP contribution is 2.23. The second kappa shape index (κ2) is 8.47. The maximum Gasteiger partial charge on any atom is 0.343 e. The summed E-state index contributed by atoms with van der Waals surface area (Å²) >= 11 is 6.21. The smallest absolute Gasteiger partial charge is 0.343 e. The van der Waals surface area contributed by atoms with Gasteiger partial charge < -0.3 is 10.1 Å². The summed E-state index contributed by atoms with van der Waals surface area (Å²) in [5.74, 6) is -2.89. The number of rotatable bonds is 6. The number of halogens is 3. The molecule has 0 bridgehead atoms. The zero-order valence-electron chi connectivity index (χ0n) is 15.3. The van der Waals surface area contributed by atoms with Gasteiger partial charge in [0.1, 0.15) is 22.4 Å². The summed E-state index contributed by atoms with van der Waals surface area (Å²) in [5, 5.41) is 6.51. The van der Waals surface area contributed by atoms with E-state index in [-0.39, 0.29) is 22.3 Å². The molecule has 1 atom stereocenters. The lowest BCUT2D eigenvalue weighted by atomic mass is 10.2. The van der Waals surface area contributed by atoms with Gasteiger partial charge >= 0.3 is 5.97 Å². The number of anilines is 1. The first kappa shape index (κ1) is 20.8. The largest absolute Gasteiger partial charge is 0.449 e. The SMILES string of the molecule is Cc1nn(CC(C)C)c(Cl)c1C(=O)O[C@@H](C)C(=O)Nc1cc(F)ccc1F. The van der Waals surface area contributed by atoms with E-state index in [0.717, 1.165) is 18.2 Å². The molecule has 6 nitrogen and oxygen atoms in total. The second-order valence-electron chi connectivity index (χ2n) is 6.49. The van der Waals surface area contributed by atoms with E-state index >= 15 is 0 Å². The molecule has 0 aliphatic rings. The molecule has 0 saturated heterocycles. The maximum atomic E-state index is 13.6. The molecule has 0 radical (unpaired) electrons. The Morgan fingerprint density at radius 2 is 1.96 bits per heavy atom. The van der Waals surface area contributed by atoms with Crippen LogP contribution in [0.2, 0.25) is 5.15 Å². The van der Waals surface area contributed by atoms with Crippen molar-refractivity contribution in [3.63, 3.8) is 0 Å². The van der Waals surface area contributed by atoms with Crippen LogP contribution in [0.3, 0.4) is 0 Å². The van der Waals surface area contributed by atoms with Crippen LogP contribution in [-0.2, 0) is 16.1 Å². The van der Waals surface area contributed by atoms with Crippen molar-refractivity contribution in [2.45, 2.75) is 40.3 Å². The first-order chi connectivity index (χ1) is 12.6. The van der Waals surface area contributed by atoms with Gasteiger partial charge in [-0.25, -0.2) is 13.6 Å². The highest BCUT2D eigenvalue weighted by molar-refractivity contribution is 6.32. The molecule has 1 amide bonds. The molecule has 2 rings (SSSR count). The molecule has 1 aromatic carbocycles. The van der Waals surface area contributed by atoms with E-state index in [2.05, 4.69) is 10.4 Å². The van der Waals surface area contributed by atoms with E-state index in [1.807, 2.05) is 13.8 Å². The van der Waals surface area contributed by atoms with Gasteiger partial charge in [0, 0.05) is 12.6 Å². The normalized spacial score (nSPS) is 12.1. The molecule has 0 unspecified atom stereocenters. The lowest BCUT2D eigenvalue weighted by Gasteiger charge is -2.14. The summed E-state index contributed by atoms with van der Waals surface area (Å²) in [5.41, 5.74) is 0.0881. The molecule has 9 heteroatoms. The number of nitrogens with one attached hydrogen (secondary N) is 1. The summed E-state index contributed by atoms with van der Waals surface area (Å²) in [6.45, 7) is 7.38. The lowest BCUT2D eigenvalue weighted by molar-refractivity contribution is -0.123. The molecule has 0 fully saturated rings. The Morgan fingerprint density at radius 1 is 1.30 bits per heavy atom. The van der Waals surface area contributed by atoms with Gasteiger partial charge in [0.2, 0.25) is 0 Å². The summed E-state index contributed by atoms with van der Waals surface area (Å²) in [7, 11) is 0. The number of carbonyl (C=O) groups is 2. The summed E-state index contributed by atoms with van der Waals surface area (Å²) in [6, 6.07) is 2.64. The lowest BCUT2D eigenvalue weighted by Crippen LogP contribution is -2.30. The van der Waals surface area contributed by atoms with Gasteiger partial charge in [0.15, 0.2) is 6.10 Å². The fraction of sp³-hybridized carbons (Fsp3) is 0.389. The third-order valence-corrected chi connectivity index (χ3v) is 4.03. The minimum Gasteiger partial charge on any atom is -0.449 e. The second-order valence-corrected chi connectivity index (χ2v) is 6.85. The Hall–Kier alpha value is -2.48. The molecule has 0 saturated carbocycles. The highest BCUT2D eigenvalue weighted by atomic mass is 35.5. The van der Waals surface area contributed by atoms with Crippen molar-refractivity contribution in [2.24, 2.45) is 5.92 Å². The van der Waals surface area contributed by atoms with Gasteiger partial charge in [-0.15, -0.1) is 0 Å². The van der Waals surface area contributed by atoms with E-state index in [4.69, 9.17) is 16.3 Å². The third kappa shape index (κ3) is 5.03. The van der Waals surface area contributed by atoms with Crippen molar-refractivity contribution >= 4 is 29.2 Å². The van der Waals surface area contributed by atoms with Crippen LogP contribution in [0.5, 0.6) is 0 Å². The standard InChI is InChI=1S/C18H20ClF2N3O3/c1-9(2)8-24-16(19)15(10(3)23-24)18(26)27-11(4)17(25)22-14-7-12(20)5-6-13(14)21/h5-7,9,11H,8H2,1-4H3,(H,22,25)/t11-/m0/s1. The molecule has 146 valence electrons. The van der Waals surface area contributed by atoms with E-state index < -0.39 is 29.6 Å². The van der Waals surface area contributed by atoms with Crippen LogP contribution in [0.4, 0.5) is 14.5 Å². The van der Waals surface area contributed by atoms with Gasteiger partial charge in [-0.2, -0.15) is 5.10 Å². The topological polar surface area (TPSA) is 73.2 Å². The zero-order valence-corrected chi connectivity index (χ0v) is 16.1. The van der Waals surface area contributed by atoms with Gasteiger partial charge in [-0.3, -0.25) is 9.48 Å². The van der Waals surface area contributed by atoms with Crippen LogP contribution in [0.1, 0.15) is 36.8 Å². The molecule has 27 heavy (non-hydrogen) atoms. The van der Waals surface area contributed by atoms with E-state index in [0.29, 0.717) is 12.2 Å². The van der Waals surface area contributed by atoms with E-state index in [1.54, 1.807) is 6.92 Å². The monoisotopic (exact) mass is 399 g/mol. The Balaban J connectivity index is 2.10. The van der Waals surface area contributed by atoms with E-state index in [1.165, 1.54) is 11.6 Å². The van der Waals surface area contributed by atoms with Crippen molar-refractivity contribution in [1.29, 1.82) is 0 Å². The Labute approximate surface area is 160 Å². The number of hydrogen-bond donors (Lipinski definition) is 1. The Kier molecular flexibility index (Phi) is 6.54. The first-order valence-electron chi connectivity index (χ1n) is 8.30. The predicted octanol–water partition coefficient (Wildman–Crippen LogP) is 3.96. The fourth-order valence-electron chi connectivity index (χ4n) is 2.35. The van der Waals surface area contributed by atoms with Gasteiger partial charge in [0.25, 0.3) is 5.91 Å². The van der Waals surface area contributed by atoms with E-state index in [9.17, 15) is 18.4 Å². The molecule has 1 N–H and O–H groups in total. The molecular weight excluding hydrogens is 380 g/mol. The molecule has 0 spiro atoms. The quantitative estimate of drug-likeness (QED) is 0.746. The molecule has 0 aliphatic heterocycles. The molecule has 1 aromatic heterocycles. The maximum absolute atomic E-state index is 13.6. The molecule has 2 aromatic rings. The molecular formula is C18H20ClF2N3O3. The number of ether oxygens (including phenoxy) is 1. The average Bonchev–Trinajstić information content (AvgIpc) is 2.83. The van der Waals surface area contributed by atoms with Crippen LogP contribution < -0.4 is 5.32 Å². The van der Waals surface area contributed by atoms with Crippen LogP contribution in [-0.4, -0.2) is 27.8 Å². The van der Waals surface area contributed by atoms with Crippen molar-refractivity contribution in [1.82, 2.24) is 9.78 Å². The Morgan fingerprint density at radius 3 is 2.59 bits per heavy atom. The number of amides is 1. The number of aromatic nitrogens is 2. The first-order valence-corrected chi connectivity index (χ1v) is 8.67. The average molecular weight is 400 g/mol. The fourth-order valence-corrected chi connectivity index (χ4v) is 2.67. The van der Waals surface area contributed by atoms with Crippen LogP contribution >= 0.6 is 11.6 Å². The summed E-state index contributed by atoms with van der Waals surface area (Å²) in [6.07, 6.45) is -1.26. The van der Waals surface area contributed by atoms with Crippen LogP contribution in [0.25, 0.3) is 0 Å². The number of benzene rings is 1. The summed E-state index contributed by atoms with van der Waals surface area (Å²) in [4.78, 5) is 24.5. The van der Waals surface area contributed by atoms with Crippen molar-refractivity contribution in [2.75, 3.05) is 5.32 Å². The van der Waals surface area contributed by atoms with Crippen molar-refractivity contribution < 1.29 is 23.1 Å².